The van der Waals surface area contributed by atoms with Crippen molar-refractivity contribution in [1.82, 2.24) is 16.0 Å². The van der Waals surface area contributed by atoms with Gasteiger partial charge in [0.15, 0.2) is 18.2 Å². The van der Waals surface area contributed by atoms with Crippen molar-refractivity contribution in [3.8, 4) is 11.5 Å². The minimum absolute atomic E-state index is 0.0204. The standard InChI is InChI=1S/C46H57N7O13S2.C15H21N5O6/c1-6-52-37-19-17-33(67-65-63-58)27-35(37)45(2,3)39(52)14-11-15-40-46(4,5)36-28-34(68-66-64-59)18-20-38(36)53(40)23-9-7-8-16-41(54)48-21-22-49-44(57)31-12-10-13-32(26-31)62-29-42(50-51-47)61-25-24-60-30-43(55)56;16-4-5-18-15(23)11-2-1-3-12(8-11)26-9-13(19-20-17)25-7-6-24-10-14(21)22/h10-15,17-20,26-28,42H,6-9,16,21-25,29-30H2,1-5H3,(H4-,48,49,54,55,56,57,58,59);1-3,8,13H,4-7,9-10,16H2,(H,18,23)(H,21,22). The van der Waals surface area contributed by atoms with E-state index in [1.807, 2.05) is 36.4 Å². The van der Waals surface area contributed by atoms with Crippen molar-refractivity contribution in [2.45, 2.75) is 93.4 Å². The van der Waals surface area contributed by atoms with Crippen molar-refractivity contribution in [2.24, 2.45) is 16.0 Å². The van der Waals surface area contributed by atoms with Crippen molar-refractivity contribution in [1.29, 1.82) is 0 Å². The number of carboxylic acids is 2. The Morgan fingerprint density at radius 1 is 0.723 bits per heavy atom. The number of amides is 3. The molecule has 4 aromatic carbocycles. The van der Waals surface area contributed by atoms with Crippen LogP contribution in [0, 0.1) is 0 Å². The van der Waals surface area contributed by atoms with Gasteiger partial charge in [-0.05, 0) is 123 Å². The molecule has 2 unspecified atom stereocenters. The number of nitrogens with zero attached hydrogens (tertiary/aromatic N) is 8. The van der Waals surface area contributed by atoms with Crippen molar-refractivity contribution >= 4 is 70.8 Å². The average molecular weight is 1350 g/mol. The number of carboxylic acid groups (broad SMARTS) is 2. The first-order chi connectivity index (χ1) is 45.3. The lowest BCUT2D eigenvalue weighted by molar-refractivity contribution is -0.777. The molecule has 4 aromatic rings. The number of ether oxygens (including phenoxy) is 6. The first-order valence-electron chi connectivity index (χ1n) is 29.6. The summed E-state index contributed by atoms with van der Waals surface area (Å²) in [7, 11) is 0. The number of nitrogens with two attached hydrogens (primary N) is 1. The largest absolute Gasteiger partial charge is 0.691 e. The highest BCUT2D eigenvalue weighted by Crippen LogP contribution is 2.49. The van der Waals surface area contributed by atoms with Crippen LogP contribution in [0.15, 0.2) is 129 Å². The summed E-state index contributed by atoms with van der Waals surface area (Å²) in [6.45, 7) is 12.3. The van der Waals surface area contributed by atoms with E-state index in [1.165, 1.54) is 12.1 Å². The van der Waals surface area contributed by atoms with E-state index in [-0.39, 0.29) is 75.9 Å². The van der Waals surface area contributed by atoms with Gasteiger partial charge in [0.05, 0.1) is 55.9 Å². The number of azide groups is 2. The Hall–Kier alpha value is -8.34. The number of rotatable bonds is 42. The molecule has 2 atom stereocenters. The van der Waals surface area contributed by atoms with Crippen LogP contribution < -0.4 is 41.3 Å². The Bertz CT molecular complexity index is 3360. The minimum atomic E-state index is -1.12. The Kier molecular flexibility index (Phi) is 33.1. The van der Waals surface area contributed by atoms with E-state index in [4.69, 9.17) is 65.0 Å². The van der Waals surface area contributed by atoms with Gasteiger partial charge in [0.25, 0.3) is 11.8 Å². The van der Waals surface area contributed by atoms with Crippen molar-refractivity contribution in [3.05, 3.63) is 152 Å². The molecule has 0 spiro atoms. The smallest absolute Gasteiger partial charge is 0.329 e. The van der Waals surface area contributed by atoms with Crippen LogP contribution in [0.25, 0.3) is 20.9 Å². The van der Waals surface area contributed by atoms with Crippen molar-refractivity contribution in [2.75, 3.05) is 97.0 Å². The van der Waals surface area contributed by atoms with Gasteiger partial charge in [0.1, 0.15) is 44.5 Å². The molecule has 94 heavy (non-hydrogen) atoms. The molecule has 6 rings (SSSR count). The zero-order chi connectivity index (χ0) is 68.3. The highest BCUT2D eigenvalue weighted by molar-refractivity contribution is 7.94. The molecular formula is C61H78N12O19S2. The minimum Gasteiger partial charge on any atom is -0.691 e. The van der Waals surface area contributed by atoms with Crippen molar-refractivity contribution < 1.29 is 96.4 Å². The summed E-state index contributed by atoms with van der Waals surface area (Å²) in [6, 6.07) is 24.8. The molecule has 8 N–H and O–H groups in total. The first kappa shape index (κ1) is 76.4. The maximum atomic E-state index is 12.9. The van der Waals surface area contributed by atoms with E-state index >= 15 is 0 Å². The average Bonchev–Trinajstić information content (AvgIpc) is 1.60. The van der Waals surface area contributed by atoms with Gasteiger partial charge in [-0.1, -0.05) is 47.3 Å². The number of benzene rings is 4. The predicted molar refractivity (Wildman–Crippen MR) is 341 cm³/mol. The third kappa shape index (κ3) is 24.5. The second-order valence-electron chi connectivity index (χ2n) is 21.3. The van der Waals surface area contributed by atoms with E-state index in [2.05, 4.69) is 113 Å². The molecule has 0 radical (unpaired) electrons. The molecule has 0 bridgehead atoms. The number of likely N-dealkylation sites (N-methyl/N-ethyl adjacent to an activating group) is 1. The second-order valence-corrected chi connectivity index (χ2v) is 22.9. The monoisotopic (exact) mass is 1350 g/mol. The third-order valence-corrected chi connectivity index (χ3v) is 15.3. The summed E-state index contributed by atoms with van der Waals surface area (Å²) in [5.74, 6) is -2.24. The molecule has 0 saturated carbocycles. The zero-order valence-corrected chi connectivity index (χ0v) is 54.2. The molecule has 3 amide bonds. The Morgan fingerprint density at radius 2 is 1.29 bits per heavy atom. The maximum absolute atomic E-state index is 12.9. The number of carbonyl (C=O) groups is 5. The van der Waals surface area contributed by atoms with Crippen molar-refractivity contribution in [3.63, 3.8) is 0 Å². The van der Waals surface area contributed by atoms with Crippen LogP contribution in [0.1, 0.15) is 92.1 Å². The fourth-order valence-corrected chi connectivity index (χ4v) is 10.7. The SMILES string of the molecule is CCN1/C(=C/C=C/C2=[N+](CCCCCC(=O)NCCNC(=O)c3cccc(OCC(N=[N+]=[N-])OCCOCC(=O)O)c3)c3ccc(SOO[O-])cc3C2(C)C)C(C)(C)c2cc(SOOO)ccc21.[N-]=[N+]=NC(COc1cccc(C(=O)NCCN)c1)OCCOCC(=O)O. The van der Waals surface area contributed by atoms with Gasteiger partial charge in [-0.25, -0.2) is 14.8 Å². The van der Waals surface area contributed by atoms with Crippen LogP contribution in [0.5, 0.6) is 11.5 Å². The number of carbonyl (C=O) groups excluding carboxylic acids is 3. The summed E-state index contributed by atoms with van der Waals surface area (Å²) < 4.78 is 43.1. The van der Waals surface area contributed by atoms with E-state index in [0.29, 0.717) is 55.1 Å². The van der Waals surface area contributed by atoms with Crippen LogP contribution in [-0.2, 0) is 62.9 Å². The molecule has 31 nitrogen and oxygen atoms in total. The van der Waals surface area contributed by atoms with E-state index in [9.17, 15) is 29.2 Å². The van der Waals surface area contributed by atoms with Gasteiger partial charge < -0.3 is 70.5 Å². The Labute approximate surface area is 550 Å². The number of allylic oxidation sites excluding steroid dienone is 4. The topological polar surface area (TPSA) is 427 Å². The van der Waals surface area contributed by atoms with Gasteiger partial charge in [0, 0.05) is 111 Å². The van der Waals surface area contributed by atoms with Gasteiger partial charge in [-0.3, -0.25) is 19.4 Å². The number of hydrogen-bond acceptors (Lipinski definition) is 23. The number of anilines is 1. The maximum Gasteiger partial charge on any atom is 0.329 e. The normalized spacial score (nSPS) is 14.4. The lowest BCUT2D eigenvalue weighted by Crippen LogP contribution is -2.34. The molecule has 33 heteroatoms. The summed E-state index contributed by atoms with van der Waals surface area (Å²) in [5, 5.41) is 59.0. The molecule has 508 valence electrons. The zero-order valence-electron chi connectivity index (χ0n) is 52.5. The Morgan fingerprint density at radius 3 is 1.84 bits per heavy atom. The number of fused-ring (bicyclic) bond motifs is 2. The summed E-state index contributed by atoms with van der Waals surface area (Å²) in [5.41, 5.74) is 29.3. The highest BCUT2D eigenvalue weighted by Gasteiger charge is 2.45. The molecule has 2 heterocycles. The lowest BCUT2D eigenvalue weighted by atomic mass is 9.81. The number of unbranched alkanes of at least 4 members (excludes halogenated alkanes) is 2. The van der Waals surface area contributed by atoms with Gasteiger partial charge in [0.2, 0.25) is 11.6 Å². The number of aliphatic carboxylic acids is 2. The number of nitrogens with one attached hydrogen (secondary N) is 3. The van der Waals surface area contributed by atoms with Gasteiger partial charge in [-0.15, -0.1) is 4.33 Å². The van der Waals surface area contributed by atoms with E-state index < -0.39 is 43.0 Å². The van der Waals surface area contributed by atoms with Gasteiger partial charge >= 0.3 is 11.9 Å². The quantitative estimate of drug-likeness (QED) is 0.00326. The highest BCUT2D eigenvalue weighted by atomic mass is 32.2. The van der Waals surface area contributed by atoms with Crippen LogP contribution in [0.3, 0.4) is 0 Å². The summed E-state index contributed by atoms with van der Waals surface area (Å²) in [4.78, 5) is 67.6. The fourth-order valence-electron chi connectivity index (χ4n) is 9.86. The number of hydrogen-bond donors (Lipinski definition) is 7. The molecule has 2 aliphatic heterocycles. The van der Waals surface area contributed by atoms with Gasteiger partial charge in [-0.2, -0.15) is 8.91 Å². The van der Waals surface area contributed by atoms with Crippen LogP contribution in [-0.4, -0.2) is 160 Å². The molecular weight excluding hydrogens is 1270 g/mol. The molecule has 0 fully saturated rings. The van der Waals surface area contributed by atoms with E-state index in [1.54, 1.807) is 36.4 Å². The predicted octanol–water partition coefficient (Wildman–Crippen LogP) is 7.73. The summed E-state index contributed by atoms with van der Waals surface area (Å²) >= 11 is 1.78. The molecule has 0 aromatic heterocycles. The third-order valence-electron chi connectivity index (χ3n) is 14.2. The van der Waals surface area contributed by atoms with E-state index in [0.717, 1.165) is 87.2 Å². The lowest BCUT2D eigenvalue weighted by Gasteiger charge is -2.25. The first-order valence-corrected chi connectivity index (χ1v) is 31.1. The Balaban J connectivity index is 0.000000515. The summed E-state index contributed by atoms with van der Waals surface area (Å²) in [6.07, 6.45) is 7.07. The fraction of sp³-hybridized carbons (Fsp3) is 0.443. The van der Waals surface area contributed by atoms with Crippen LogP contribution in [0.4, 0.5) is 11.4 Å². The van der Waals surface area contributed by atoms with Crippen LogP contribution >= 0.6 is 24.1 Å². The second kappa shape index (κ2) is 40.7. The molecule has 0 saturated heterocycles. The molecule has 2 aliphatic rings. The molecule has 0 aliphatic carbocycles. The van der Waals surface area contributed by atoms with Crippen LogP contribution in [0.2, 0.25) is 0 Å².